The first-order valence-corrected chi connectivity index (χ1v) is 5.66. The molecule has 1 aromatic rings. The summed E-state index contributed by atoms with van der Waals surface area (Å²) < 4.78 is 5.96. The highest BCUT2D eigenvalue weighted by atomic mass is 79.9. The maximum Gasteiger partial charge on any atom is 0.0626 e. The number of ether oxygens (including phenoxy) is 1. The van der Waals surface area contributed by atoms with Gasteiger partial charge in [0.15, 0.2) is 0 Å². The molecule has 1 rings (SSSR count). The molecule has 0 aromatic heterocycles. The number of hydrogen-bond donors (Lipinski definition) is 2. The molecule has 1 unspecified atom stereocenters. The third-order valence-electron chi connectivity index (χ3n) is 2.16. The summed E-state index contributed by atoms with van der Waals surface area (Å²) >= 11 is 3.46. The van der Waals surface area contributed by atoms with Gasteiger partial charge in [0.1, 0.15) is 0 Å². The van der Waals surface area contributed by atoms with Gasteiger partial charge in [0.25, 0.3) is 0 Å². The predicted octanol–water partition coefficient (Wildman–Crippen LogP) is 1.72. The van der Waals surface area contributed by atoms with Crippen LogP contribution in [-0.2, 0) is 4.74 Å². The molecule has 0 spiro atoms. The lowest BCUT2D eigenvalue weighted by atomic mass is 10.1. The largest absolute Gasteiger partial charge is 0.394 e. The molecule has 0 bridgehead atoms. The van der Waals surface area contributed by atoms with E-state index in [9.17, 15) is 5.11 Å². The zero-order valence-electron chi connectivity index (χ0n) is 8.74. The van der Waals surface area contributed by atoms with Gasteiger partial charge in [-0.15, -0.1) is 0 Å². The van der Waals surface area contributed by atoms with E-state index in [1.54, 1.807) is 7.11 Å². The second-order valence-electron chi connectivity index (χ2n) is 3.20. The second-order valence-corrected chi connectivity index (χ2v) is 4.06. The Kier molecular flexibility index (Phi) is 5.86. The maximum absolute atomic E-state index is 9.28. The summed E-state index contributed by atoms with van der Waals surface area (Å²) in [6, 6.07) is 7.83. The lowest BCUT2D eigenvalue weighted by molar-refractivity contribution is 0.184. The summed E-state index contributed by atoms with van der Waals surface area (Å²) in [4.78, 5) is 0. The lowest BCUT2D eigenvalue weighted by Gasteiger charge is -2.17. The predicted molar refractivity (Wildman–Crippen MR) is 63.8 cm³/mol. The highest BCUT2D eigenvalue weighted by Gasteiger charge is 2.11. The Morgan fingerprint density at radius 3 is 2.80 bits per heavy atom. The number of aliphatic hydroxyl groups is 1. The molecule has 0 fully saturated rings. The Hall–Kier alpha value is -0.420. The fraction of sp³-hybridized carbons (Fsp3) is 0.455. The average Bonchev–Trinajstić information content (AvgIpc) is 2.26. The highest BCUT2D eigenvalue weighted by molar-refractivity contribution is 9.10. The molecule has 2 N–H and O–H groups in total. The number of halogens is 1. The molecule has 1 aromatic carbocycles. The van der Waals surface area contributed by atoms with Crippen LogP contribution in [0.15, 0.2) is 28.7 Å². The van der Waals surface area contributed by atoms with Crippen molar-refractivity contribution >= 4 is 15.9 Å². The molecule has 0 amide bonds. The van der Waals surface area contributed by atoms with Gasteiger partial charge in [-0.05, 0) is 11.6 Å². The summed E-state index contributed by atoms with van der Waals surface area (Å²) in [7, 11) is 1.66. The summed E-state index contributed by atoms with van der Waals surface area (Å²) in [6.45, 7) is 1.44. The first-order valence-electron chi connectivity index (χ1n) is 4.87. The van der Waals surface area contributed by atoms with Crippen molar-refractivity contribution in [3.8, 4) is 0 Å². The fourth-order valence-electron chi connectivity index (χ4n) is 1.37. The highest BCUT2D eigenvalue weighted by Crippen LogP contribution is 2.22. The van der Waals surface area contributed by atoms with Crippen molar-refractivity contribution in [3.05, 3.63) is 34.3 Å². The van der Waals surface area contributed by atoms with Gasteiger partial charge < -0.3 is 15.2 Å². The van der Waals surface area contributed by atoms with E-state index in [1.165, 1.54) is 0 Å². The minimum absolute atomic E-state index is 0.0456. The molecule has 0 aliphatic rings. The monoisotopic (exact) mass is 273 g/mol. The van der Waals surface area contributed by atoms with Gasteiger partial charge >= 0.3 is 0 Å². The summed E-state index contributed by atoms with van der Waals surface area (Å²) in [5, 5.41) is 12.5. The molecular weight excluding hydrogens is 258 g/mol. The van der Waals surface area contributed by atoms with E-state index >= 15 is 0 Å². The normalized spacial score (nSPS) is 12.7. The quantitative estimate of drug-likeness (QED) is 0.776. The molecule has 15 heavy (non-hydrogen) atoms. The van der Waals surface area contributed by atoms with Crippen LogP contribution in [0.25, 0.3) is 0 Å². The van der Waals surface area contributed by atoms with Crippen molar-refractivity contribution < 1.29 is 9.84 Å². The molecule has 0 heterocycles. The SMILES string of the molecule is COCCNC(CO)c1ccccc1Br. The summed E-state index contributed by atoms with van der Waals surface area (Å²) in [6.07, 6.45) is 0. The Morgan fingerprint density at radius 1 is 1.47 bits per heavy atom. The first kappa shape index (κ1) is 12.6. The topological polar surface area (TPSA) is 41.5 Å². The number of methoxy groups -OCH3 is 1. The molecule has 84 valence electrons. The van der Waals surface area contributed by atoms with Crippen LogP contribution in [0.5, 0.6) is 0 Å². The van der Waals surface area contributed by atoms with Crippen molar-refractivity contribution in [2.45, 2.75) is 6.04 Å². The van der Waals surface area contributed by atoms with Gasteiger partial charge in [-0.2, -0.15) is 0 Å². The van der Waals surface area contributed by atoms with Crippen LogP contribution in [0.1, 0.15) is 11.6 Å². The second kappa shape index (κ2) is 6.95. The summed E-state index contributed by atoms with van der Waals surface area (Å²) in [5.41, 5.74) is 1.07. The van der Waals surface area contributed by atoms with Crippen molar-refractivity contribution in [1.29, 1.82) is 0 Å². The van der Waals surface area contributed by atoms with Gasteiger partial charge in [0, 0.05) is 18.1 Å². The standard InChI is InChI=1S/C11H16BrNO2/c1-15-7-6-13-11(8-14)9-4-2-3-5-10(9)12/h2-5,11,13-14H,6-8H2,1H3. The smallest absolute Gasteiger partial charge is 0.0626 e. The van der Waals surface area contributed by atoms with Gasteiger partial charge in [-0.3, -0.25) is 0 Å². The zero-order valence-corrected chi connectivity index (χ0v) is 10.3. The number of nitrogens with one attached hydrogen (secondary N) is 1. The van der Waals surface area contributed by atoms with Crippen molar-refractivity contribution in [3.63, 3.8) is 0 Å². The van der Waals surface area contributed by atoms with Crippen LogP contribution >= 0.6 is 15.9 Å². The molecule has 0 aliphatic carbocycles. The van der Waals surface area contributed by atoms with E-state index in [0.717, 1.165) is 16.6 Å². The minimum Gasteiger partial charge on any atom is -0.394 e. The van der Waals surface area contributed by atoms with Crippen molar-refractivity contribution in [2.75, 3.05) is 26.9 Å². The third-order valence-corrected chi connectivity index (χ3v) is 2.88. The van der Waals surface area contributed by atoms with E-state index in [0.29, 0.717) is 6.61 Å². The van der Waals surface area contributed by atoms with E-state index in [1.807, 2.05) is 24.3 Å². The molecular formula is C11H16BrNO2. The van der Waals surface area contributed by atoms with Crippen LogP contribution in [-0.4, -0.2) is 32.0 Å². The van der Waals surface area contributed by atoms with Crippen molar-refractivity contribution in [1.82, 2.24) is 5.32 Å². The first-order chi connectivity index (χ1) is 7.29. The Bertz CT molecular complexity index is 294. The summed E-state index contributed by atoms with van der Waals surface area (Å²) in [5.74, 6) is 0. The van der Waals surface area contributed by atoms with Crippen LogP contribution in [0.2, 0.25) is 0 Å². The van der Waals surface area contributed by atoms with E-state index in [4.69, 9.17) is 4.74 Å². The number of rotatable bonds is 6. The number of aliphatic hydroxyl groups excluding tert-OH is 1. The van der Waals surface area contributed by atoms with Gasteiger partial charge in [-0.1, -0.05) is 34.1 Å². The molecule has 1 atom stereocenters. The molecule has 0 radical (unpaired) electrons. The number of benzene rings is 1. The fourth-order valence-corrected chi connectivity index (χ4v) is 1.93. The van der Waals surface area contributed by atoms with Gasteiger partial charge in [0.2, 0.25) is 0 Å². The van der Waals surface area contributed by atoms with E-state index < -0.39 is 0 Å². The van der Waals surface area contributed by atoms with Crippen LogP contribution < -0.4 is 5.32 Å². The molecule has 0 aliphatic heterocycles. The Balaban J connectivity index is 2.61. The zero-order chi connectivity index (χ0) is 11.1. The molecule has 0 saturated heterocycles. The van der Waals surface area contributed by atoms with E-state index in [2.05, 4.69) is 21.2 Å². The van der Waals surface area contributed by atoms with Crippen molar-refractivity contribution in [2.24, 2.45) is 0 Å². The average molecular weight is 274 g/mol. The van der Waals surface area contributed by atoms with Gasteiger partial charge in [0.05, 0.1) is 19.3 Å². The molecule has 0 saturated carbocycles. The van der Waals surface area contributed by atoms with Crippen LogP contribution in [0.3, 0.4) is 0 Å². The Morgan fingerprint density at radius 2 is 2.20 bits per heavy atom. The molecule has 4 heteroatoms. The maximum atomic E-state index is 9.28. The van der Waals surface area contributed by atoms with Crippen LogP contribution in [0.4, 0.5) is 0 Å². The molecule has 3 nitrogen and oxygen atoms in total. The van der Waals surface area contributed by atoms with Gasteiger partial charge in [-0.25, -0.2) is 0 Å². The number of hydrogen-bond acceptors (Lipinski definition) is 3. The van der Waals surface area contributed by atoms with E-state index in [-0.39, 0.29) is 12.6 Å². The van der Waals surface area contributed by atoms with Crippen LogP contribution in [0, 0.1) is 0 Å². The minimum atomic E-state index is -0.0456. The Labute approximate surface area is 98.6 Å². The lowest BCUT2D eigenvalue weighted by Crippen LogP contribution is -2.27. The third kappa shape index (κ3) is 3.91.